The molecule has 0 heterocycles. The second-order valence-corrected chi connectivity index (χ2v) is 18.8. The highest BCUT2D eigenvalue weighted by Gasteiger charge is 2.36. The molecular formula is C51H58O8P2. The van der Waals surface area contributed by atoms with Crippen molar-refractivity contribution >= 4 is 15.6 Å². The Morgan fingerprint density at radius 3 is 0.836 bits per heavy atom. The van der Waals surface area contributed by atoms with Crippen molar-refractivity contribution < 1.29 is 36.3 Å². The number of aryl methyl sites for hydroxylation is 8. The third-order valence-electron chi connectivity index (χ3n) is 11.0. The average molecular weight is 861 g/mol. The molecule has 6 aromatic carbocycles. The SMILES string of the molecule is CCc1ccc(OP(=O)(Oc2ccc(C(C)(C)c3ccc(OP(=O)(Oc4ccc(CC)cc4C)Oc4ccc(CC)cc4C)cc3)cc2)Oc2ccc(CC)cc2C)c(C)c1. The van der Waals surface area contributed by atoms with Crippen LogP contribution >= 0.6 is 15.6 Å². The molecule has 0 atom stereocenters. The Labute approximate surface area is 362 Å². The lowest BCUT2D eigenvalue weighted by Crippen LogP contribution is -2.18. The van der Waals surface area contributed by atoms with Gasteiger partial charge in [-0.1, -0.05) is 114 Å². The van der Waals surface area contributed by atoms with Crippen LogP contribution in [0.15, 0.2) is 121 Å². The molecule has 0 radical (unpaired) electrons. The highest BCUT2D eigenvalue weighted by molar-refractivity contribution is 7.50. The van der Waals surface area contributed by atoms with Crippen LogP contribution in [0.2, 0.25) is 0 Å². The first-order chi connectivity index (χ1) is 29.1. The minimum absolute atomic E-state index is 0.326. The molecule has 6 aromatic rings. The molecule has 0 saturated heterocycles. The first-order valence-corrected chi connectivity index (χ1v) is 23.9. The van der Waals surface area contributed by atoms with Gasteiger partial charge in [0.1, 0.15) is 34.5 Å². The van der Waals surface area contributed by atoms with Gasteiger partial charge in [0.05, 0.1) is 0 Å². The molecule has 0 aliphatic carbocycles. The van der Waals surface area contributed by atoms with Crippen LogP contribution in [0.1, 0.15) is 97.2 Å². The fraction of sp³-hybridized carbons (Fsp3) is 0.294. The Morgan fingerprint density at radius 2 is 0.623 bits per heavy atom. The van der Waals surface area contributed by atoms with Crippen LogP contribution < -0.4 is 27.1 Å². The summed E-state index contributed by atoms with van der Waals surface area (Å²) in [5.74, 6) is 2.34. The zero-order valence-electron chi connectivity index (χ0n) is 37.0. The van der Waals surface area contributed by atoms with E-state index < -0.39 is 21.1 Å². The lowest BCUT2D eigenvalue weighted by atomic mass is 9.78. The summed E-state index contributed by atoms with van der Waals surface area (Å²) in [5.41, 5.74) is 9.33. The maximum absolute atomic E-state index is 14.5. The summed E-state index contributed by atoms with van der Waals surface area (Å²) < 4.78 is 65.8. The molecule has 0 unspecified atom stereocenters. The number of benzene rings is 6. The predicted molar refractivity (Wildman–Crippen MR) is 246 cm³/mol. The van der Waals surface area contributed by atoms with E-state index >= 15 is 0 Å². The Kier molecular flexibility index (Phi) is 14.1. The maximum atomic E-state index is 14.5. The van der Waals surface area contributed by atoms with Crippen LogP contribution in [-0.2, 0) is 40.2 Å². The largest absolute Gasteiger partial charge is 0.647 e. The smallest absolute Gasteiger partial charge is 0.386 e. The minimum atomic E-state index is -4.24. The van der Waals surface area contributed by atoms with Crippen molar-refractivity contribution in [3.63, 3.8) is 0 Å². The van der Waals surface area contributed by atoms with E-state index in [0.29, 0.717) is 34.5 Å². The van der Waals surface area contributed by atoms with E-state index in [9.17, 15) is 9.13 Å². The molecule has 0 aliphatic heterocycles. The first kappa shape index (κ1) is 45.1. The predicted octanol–water partition coefficient (Wildman–Crippen LogP) is 14.8. The molecule has 0 fully saturated rings. The number of phosphoric ester groups is 2. The van der Waals surface area contributed by atoms with E-state index in [2.05, 4.69) is 41.5 Å². The van der Waals surface area contributed by atoms with Crippen molar-refractivity contribution in [1.82, 2.24) is 0 Å². The Balaban J connectivity index is 1.23. The molecule has 0 aliphatic rings. The van der Waals surface area contributed by atoms with Gasteiger partial charge in [0.25, 0.3) is 0 Å². The van der Waals surface area contributed by atoms with Crippen LogP contribution in [0.3, 0.4) is 0 Å². The van der Waals surface area contributed by atoms with Crippen LogP contribution in [0.25, 0.3) is 0 Å². The molecule has 0 aromatic heterocycles. The number of rotatable bonds is 18. The van der Waals surface area contributed by atoms with Crippen molar-refractivity contribution in [2.24, 2.45) is 0 Å². The summed E-state index contributed by atoms with van der Waals surface area (Å²) in [7, 11) is -8.48. The molecule has 61 heavy (non-hydrogen) atoms. The normalized spacial score (nSPS) is 11.8. The van der Waals surface area contributed by atoms with Gasteiger partial charge in [-0.3, -0.25) is 0 Å². The fourth-order valence-electron chi connectivity index (χ4n) is 7.02. The Morgan fingerprint density at radius 1 is 0.377 bits per heavy atom. The first-order valence-electron chi connectivity index (χ1n) is 21.0. The van der Waals surface area contributed by atoms with Gasteiger partial charge in [0, 0.05) is 5.41 Å². The number of hydrogen-bond acceptors (Lipinski definition) is 8. The molecular weight excluding hydrogens is 803 g/mol. The molecule has 0 saturated carbocycles. The van der Waals surface area contributed by atoms with Crippen molar-refractivity contribution in [2.75, 3.05) is 0 Å². The van der Waals surface area contributed by atoms with E-state index in [-0.39, 0.29) is 0 Å². The second kappa shape index (κ2) is 19.1. The highest BCUT2D eigenvalue weighted by atomic mass is 31.2. The van der Waals surface area contributed by atoms with Gasteiger partial charge in [-0.05, 0) is 158 Å². The van der Waals surface area contributed by atoms with Gasteiger partial charge >= 0.3 is 15.6 Å². The molecule has 0 spiro atoms. The van der Waals surface area contributed by atoms with Crippen molar-refractivity contribution in [2.45, 2.75) is 100 Å². The zero-order chi connectivity index (χ0) is 44.0. The zero-order valence-corrected chi connectivity index (χ0v) is 38.8. The fourth-order valence-corrected chi connectivity index (χ4v) is 9.79. The third kappa shape index (κ3) is 11.1. The second-order valence-electron chi connectivity index (χ2n) is 15.9. The minimum Gasteiger partial charge on any atom is -0.386 e. The molecule has 0 amide bonds. The monoisotopic (exact) mass is 860 g/mol. The Bertz CT molecular complexity index is 2270. The van der Waals surface area contributed by atoms with E-state index in [0.717, 1.165) is 81.3 Å². The Hall–Kier alpha value is -5.42. The third-order valence-corrected chi connectivity index (χ3v) is 13.6. The standard InChI is InChI=1S/C51H58O8P2/c1-11-39-15-27-47(35(5)31-39)56-60(52,57-48-28-16-40(12-2)32-36(48)6)54-45-23-19-43(20-24-45)51(9,10)44-21-25-46(26-22-44)55-61(53,58-49-29-17-41(13-3)33-37(49)7)59-50-30-18-42(14-4)34-38(50)8/h15-34H,11-14H2,1-10H3. The summed E-state index contributed by atoms with van der Waals surface area (Å²) in [5, 5.41) is 0. The summed E-state index contributed by atoms with van der Waals surface area (Å²) in [6.45, 7) is 20.2. The van der Waals surface area contributed by atoms with Crippen LogP contribution in [-0.4, -0.2) is 0 Å². The maximum Gasteiger partial charge on any atom is 0.647 e. The van der Waals surface area contributed by atoms with E-state index in [4.69, 9.17) is 27.1 Å². The van der Waals surface area contributed by atoms with E-state index in [1.807, 2.05) is 100 Å². The van der Waals surface area contributed by atoms with Crippen LogP contribution in [0.5, 0.6) is 34.5 Å². The number of phosphoric acid groups is 2. The molecule has 8 nitrogen and oxygen atoms in total. The number of hydrogen-bond donors (Lipinski definition) is 0. The average Bonchev–Trinajstić information content (AvgIpc) is 3.24. The summed E-state index contributed by atoms with van der Waals surface area (Å²) >= 11 is 0. The van der Waals surface area contributed by atoms with Crippen molar-refractivity contribution in [3.8, 4) is 34.5 Å². The summed E-state index contributed by atoms with van der Waals surface area (Å²) in [6, 6.07) is 37.9. The molecule has 320 valence electrons. The van der Waals surface area contributed by atoms with Crippen LogP contribution in [0, 0.1) is 27.7 Å². The summed E-state index contributed by atoms with van der Waals surface area (Å²) in [6.07, 6.45) is 3.46. The van der Waals surface area contributed by atoms with E-state index in [1.165, 1.54) is 0 Å². The molecule has 0 bridgehead atoms. The van der Waals surface area contributed by atoms with Gasteiger partial charge in [-0.15, -0.1) is 0 Å². The van der Waals surface area contributed by atoms with Crippen molar-refractivity contribution in [3.05, 3.63) is 177 Å². The quantitative estimate of drug-likeness (QED) is 0.0790. The van der Waals surface area contributed by atoms with Gasteiger partial charge < -0.3 is 27.1 Å². The lowest BCUT2D eigenvalue weighted by Gasteiger charge is -2.27. The molecule has 10 heteroatoms. The topological polar surface area (TPSA) is 89.5 Å². The summed E-state index contributed by atoms with van der Waals surface area (Å²) in [4.78, 5) is 0. The molecule has 6 rings (SSSR count). The highest BCUT2D eigenvalue weighted by Crippen LogP contribution is 2.53. The van der Waals surface area contributed by atoms with Gasteiger partial charge in [-0.25, -0.2) is 0 Å². The van der Waals surface area contributed by atoms with Gasteiger partial charge in [-0.2, -0.15) is 9.13 Å². The van der Waals surface area contributed by atoms with E-state index in [1.54, 1.807) is 48.5 Å². The molecule has 0 N–H and O–H groups in total. The van der Waals surface area contributed by atoms with Gasteiger partial charge in [0.15, 0.2) is 0 Å². The van der Waals surface area contributed by atoms with Gasteiger partial charge in [0.2, 0.25) is 0 Å². The van der Waals surface area contributed by atoms with Crippen LogP contribution in [0.4, 0.5) is 0 Å². The van der Waals surface area contributed by atoms with Crippen molar-refractivity contribution in [1.29, 1.82) is 0 Å². The lowest BCUT2D eigenvalue weighted by molar-refractivity contribution is 0.295.